The molecule has 0 radical (unpaired) electrons. The first-order valence-corrected chi connectivity index (χ1v) is 8.61. The Labute approximate surface area is 151 Å². The molecule has 0 atom stereocenters. The number of alkyl halides is 9. The second kappa shape index (κ2) is 6.22. The number of aryl methyl sites for hydroxylation is 1. The molecule has 1 aromatic carbocycles. The summed E-state index contributed by atoms with van der Waals surface area (Å²) < 4.78 is 141. The van der Waals surface area contributed by atoms with Crippen LogP contribution in [0, 0.1) is 0 Å². The molecule has 0 fully saturated rings. The third-order valence-electron chi connectivity index (χ3n) is 3.98. The standard InChI is InChI=1S/C13H10F9NO4S/c14-10(15,12(18,19)20)11(16,17)13(21,22)28(26,27)23-3-1-2-6-4-8(24)9(25)5-7(6)23/h4-5,24-25H,1-3H2. The van der Waals surface area contributed by atoms with Crippen molar-refractivity contribution in [2.45, 2.75) is 36.1 Å². The summed E-state index contributed by atoms with van der Waals surface area (Å²) in [5.41, 5.74) is -1.11. The topological polar surface area (TPSA) is 77.8 Å². The highest BCUT2D eigenvalue weighted by molar-refractivity contribution is 7.93. The number of phenols is 2. The van der Waals surface area contributed by atoms with Crippen molar-refractivity contribution in [3.05, 3.63) is 17.7 Å². The van der Waals surface area contributed by atoms with Gasteiger partial charge in [-0.25, -0.2) is 0 Å². The number of anilines is 1. The Kier molecular flexibility index (Phi) is 4.94. The average molecular weight is 447 g/mol. The predicted molar refractivity (Wildman–Crippen MR) is 75.3 cm³/mol. The van der Waals surface area contributed by atoms with Crippen molar-refractivity contribution < 1.29 is 58.1 Å². The number of aromatic hydroxyl groups is 2. The van der Waals surface area contributed by atoms with Gasteiger partial charge < -0.3 is 10.2 Å². The van der Waals surface area contributed by atoms with Crippen LogP contribution >= 0.6 is 0 Å². The largest absolute Gasteiger partial charge is 0.504 e. The number of nitrogens with zero attached hydrogens (tertiary/aromatic N) is 1. The fraction of sp³-hybridized carbons (Fsp3) is 0.538. The molecule has 1 aromatic rings. The summed E-state index contributed by atoms with van der Waals surface area (Å²) in [6, 6.07) is 1.10. The summed E-state index contributed by atoms with van der Waals surface area (Å²) in [6.07, 6.45) is -7.57. The third-order valence-corrected chi connectivity index (χ3v) is 5.85. The zero-order valence-electron chi connectivity index (χ0n) is 13.2. The molecule has 0 saturated carbocycles. The van der Waals surface area contributed by atoms with Crippen LogP contribution in [-0.4, -0.2) is 48.5 Å². The van der Waals surface area contributed by atoms with Gasteiger partial charge in [0.1, 0.15) is 0 Å². The maximum Gasteiger partial charge on any atom is 0.460 e. The highest BCUT2D eigenvalue weighted by atomic mass is 32.2. The first kappa shape index (κ1) is 22.2. The van der Waals surface area contributed by atoms with Crippen molar-refractivity contribution in [3.63, 3.8) is 0 Å². The van der Waals surface area contributed by atoms with Crippen LogP contribution in [0.25, 0.3) is 0 Å². The van der Waals surface area contributed by atoms with E-state index in [1.807, 2.05) is 0 Å². The molecule has 1 heterocycles. The van der Waals surface area contributed by atoms with E-state index in [9.17, 15) is 58.1 Å². The van der Waals surface area contributed by atoms with Crippen molar-refractivity contribution in [1.29, 1.82) is 0 Å². The molecule has 0 unspecified atom stereocenters. The van der Waals surface area contributed by atoms with Gasteiger partial charge in [-0.15, -0.1) is 0 Å². The zero-order valence-corrected chi connectivity index (χ0v) is 14.1. The Hall–Kier alpha value is -2.06. The van der Waals surface area contributed by atoms with Crippen molar-refractivity contribution in [1.82, 2.24) is 0 Å². The van der Waals surface area contributed by atoms with Crippen LogP contribution in [0.2, 0.25) is 0 Å². The molecule has 1 aliphatic heterocycles. The molecule has 15 heteroatoms. The van der Waals surface area contributed by atoms with Crippen molar-refractivity contribution in [2.75, 3.05) is 10.8 Å². The average Bonchev–Trinajstić information content (AvgIpc) is 2.53. The van der Waals surface area contributed by atoms with Gasteiger partial charge in [0.15, 0.2) is 11.5 Å². The van der Waals surface area contributed by atoms with E-state index >= 15 is 0 Å². The maximum absolute atomic E-state index is 14.0. The SMILES string of the molecule is O=S(=O)(N1CCCc2cc(O)c(O)cc21)C(F)(F)C(F)(F)C(F)(F)C(F)(F)F. The molecule has 2 rings (SSSR count). The molecule has 0 spiro atoms. The van der Waals surface area contributed by atoms with Gasteiger partial charge in [0.05, 0.1) is 5.69 Å². The fourth-order valence-electron chi connectivity index (χ4n) is 2.49. The fourth-order valence-corrected chi connectivity index (χ4v) is 4.01. The van der Waals surface area contributed by atoms with E-state index in [-0.39, 0.29) is 18.4 Å². The number of phenolic OH excluding ortho intramolecular Hbond substituents is 2. The van der Waals surface area contributed by atoms with Gasteiger partial charge in [0.25, 0.3) is 0 Å². The smallest absolute Gasteiger partial charge is 0.460 e. The van der Waals surface area contributed by atoms with Crippen LogP contribution in [0.4, 0.5) is 45.2 Å². The lowest BCUT2D eigenvalue weighted by molar-refractivity contribution is -0.382. The minimum atomic E-state index is -7.37. The number of fused-ring (bicyclic) bond motifs is 1. The van der Waals surface area contributed by atoms with E-state index in [4.69, 9.17) is 0 Å². The number of hydrogen-bond acceptors (Lipinski definition) is 4. The molecular formula is C13H10F9NO4S. The minimum Gasteiger partial charge on any atom is -0.504 e. The van der Waals surface area contributed by atoms with Crippen LogP contribution in [0.5, 0.6) is 11.5 Å². The molecule has 0 aromatic heterocycles. The van der Waals surface area contributed by atoms with E-state index < -0.39 is 61.3 Å². The second-order valence-electron chi connectivity index (χ2n) is 5.81. The Morgan fingerprint density at radius 2 is 1.36 bits per heavy atom. The maximum atomic E-state index is 14.0. The molecule has 2 N–H and O–H groups in total. The highest BCUT2D eigenvalue weighted by Gasteiger charge is 2.86. The lowest BCUT2D eigenvalue weighted by Gasteiger charge is -2.38. The summed E-state index contributed by atoms with van der Waals surface area (Å²) in [6.45, 7) is -0.969. The normalized spacial score (nSPS) is 16.8. The van der Waals surface area contributed by atoms with Gasteiger partial charge in [-0.1, -0.05) is 0 Å². The number of benzene rings is 1. The number of rotatable bonds is 4. The van der Waals surface area contributed by atoms with Gasteiger partial charge >= 0.3 is 33.3 Å². The molecule has 0 saturated heterocycles. The summed E-state index contributed by atoms with van der Waals surface area (Å²) in [4.78, 5) is 0. The van der Waals surface area contributed by atoms with Gasteiger partial charge in [0.2, 0.25) is 0 Å². The van der Waals surface area contributed by atoms with Crippen molar-refractivity contribution in [2.24, 2.45) is 0 Å². The minimum absolute atomic E-state index is 0.0874. The molecule has 5 nitrogen and oxygen atoms in total. The molecule has 28 heavy (non-hydrogen) atoms. The van der Waals surface area contributed by atoms with Gasteiger partial charge in [-0.3, -0.25) is 4.31 Å². The number of halogens is 9. The van der Waals surface area contributed by atoms with Crippen LogP contribution in [0.15, 0.2) is 12.1 Å². The molecule has 160 valence electrons. The Morgan fingerprint density at radius 1 is 0.857 bits per heavy atom. The van der Waals surface area contributed by atoms with Gasteiger partial charge in [-0.05, 0) is 24.5 Å². The van der Waals surface area contributed by atoms with E-state index in [0.29, 0.717) is 12.1 Å². The van der Waals surface area contributed by atoms with E-state index in [1.165, 1.54) is 0 Å². The quantitative estimate of drug-likeness (QED) is 0.546. The van der Waals surface area contributed by atoms with Crippen LogP contribution in [0.3, 0.4) is 0 Å². The Bertz CT molecular complexity index is 883. The molecule has 0 aliphatic carbocycles. The summed E-state index contributed by atoms with van der Waals surface area (Å²) >= 11 is 0. The third kappa shape index (κ3) is 2.90. The van der Waals surface area contributed by atoms with E-state index in [0.717, 1.165) is 0 Å². The molecular weight excluding hydrogens is 437 g/mol. The van der Waals surface area contributed by atoms with Gasteiger partial charge in [0, 0.05) is 12.6 Å². The summed E-state index contributed by atoms with van der Waals surface area (Å²) in [7, 11) is -6.83. The van der Waals surface area contributed by atoms with E-state index in [1.54, 1.807) is 0 Å². The lowest BCUT2D eigenvalue weighted by atomic mass is 10.0. The monoisotopic (exact) mass is 447 g/mol. The van der Waals surface area contributed by atoms with Crippen molar-refractivity contribution >= 4 is 15.7 Å². The number of sulfonamides is 1. The molecule has 1 aliphatic rings. The molecule has 0 amide bonds. The number of hydrogen-bond donors (Lipinski definition) is 2. The predicted octanol–water partition coefficient (Wildman–Crippen LogP) is 3.61. The lowest BCUT2D eigenvalue weighted by Crippen LogP contribution is -2.65. The Balaban J connectivity index is 2.63. The first-order chi connectivity index (χ1) is 12.4. The zero-order chi connectivity index (χ0) is 21.9. The summed E-state index contributed by atoms with van der Waals surface area (Å²) in [5, 5.41) is 11.8. The van der Waals surface area contributed by atoms with Gasteiger partial charge in [-0.2, -0.15) is 47.9 Å². The Morgan fingerprint density at radius 3 is 1.86 bits per heavy atom. The van der Waals surface area contributed by atoms with Crippen LogP contribution in [-0.2, 0) is 16.4 Å². The van der Waals surface area contributed by atoms with Crippen LogP contribution < -0.4 is 4.31 Å². The highest BCUT2D eigenvalue weighted by Crippen LogP contribution is 2.56. The second-order valence-corrected chi connectivity index (χ2v) is 7.72. The van der Waals surface area contributed by atoms with E-state index in [2.05, 4.69) is 0 Å². The molecule has 0 bridgehead atoms. The van der Waals surface area contributed by atoms with Crippen molar-refractivity contribution in [3.8, 4) is 11.5 Å². The summed E-state index contributed by atoms with van der Waals surface area (Å²) in [5.74, 6) is -16.6. The first-order valence-electron chi connectivity index (χ1n) is 7.17. The van der Waals surface area contributed by atoms with Crippen LogP contribution in [0.1, 0.15) is 12.0 Å².